The van der Waals surface area contributed by atoms with E-state index in [1.165, 1.54) is 88.8 Å². The number of allylic oxidation sites excluding steroid dienone is 1. The van der Waals surface area contributed by atoms with Gasteiger partial charge in [0.2, 0.25) is 13.4 Å². The Morgan fingerprint density at radius 1 is 0.473 bits per heavy atom. The second kappa shape index (κ2) is 17.9. The van der Waals surface area contributed by atoms with Crippen molar-refractivity contribution in [2.45, 2.75) is 131 Å². The fourth-order valence-electron chi connectivity index (χ4n) is 13.5. The number of fused-ring (bicyclic) bond motifs is 8. The van der Waals surface area contributed by atoms with Gasteiger partial charge in [-0.2, -0.15) is 0 Å². The molecule has 7 aromatic carbocycles. The Bertz CT molecular complexity index is 3720. The Hall–Kier alpha value is -6.91. The van der Waals surface area contributed by atoms with Gasteiger partial charge in [-0.1, -0.05) is 191 Å². The maximum absolute atomic E-state index is 15.2. The molecule has 0 bridgehead atoms. The van der Waals surface area contributed by atoms with Crippen molar-refractivity contribution < 1.29 is 0 Å². The van der Waals surface area contributed by atoms with Crippen LogP contribution < -0.4 is 48.5 Å². The lowest BCUT2D eigenvalue weighted by atomic mass is 9.28. The molecule has 4 nitrogen and oxygen atoms in total. The zero-order valence-corrected chi connectivity index (χ0v) is 45.4. The molecule has 3 aliphatic rings. The number of aromatic nitrogens is 1. The van der Waals surface area contributed by atoms with E-state index in [2.05, 4.69) is 189 Å². The number of pyridine rings is 2. The number of rotatable bonds is 9. The Kier molecular flexibility index (Phi) is 11.6. The number of benzene rings is 7. The zero-order valence-electron chi connectivity index (χ0n) is 45.4. The molecular formula is C68H68B2N2O2. The van der Waals surface area contributed by atoms with Crippen LogP contribution in [0, 0.1) is 0 Å². The number of hydrogen-bond donors (Lipinski definition) is 0. The van der Waals surface area contributed by atoms with Crippen LogP contribution in [-0.4, -0.2) is 17.8 Å². The smallest absolute Gasteiger partial charge is 0.247 e. The third-order valence-corrected chi connectivity index (χ3v) is 17.2. The second-order valence-electron chi connectivity index (χ2n) is 23.8. The van der Waals surface area contributed by atoms with Gasteiger partial charge in [0.1, 0.15) is 0 Å². The minimum Gasteiger partial charge on any atom is -0.313 e. The van der Waals surface area contributed by atoms with Crippen molar-refractivity contribution in [1.82, 2.24) is 4.40 Å². The second-order valence-corrected chi connectivity index (χ2v) is 23.8. The van der Waals surface area contributed by atoms with E-state index in [0.29, 0.717) is 63.6 Å². The lowest BCUT2D eigenvalue weighted by Gasteiger charge is -2.45. The summed E-state index contributed by atoms with van der Waals surface area (Å²) in [6.07, 6.45) is 5.09. The molecule has 0 fully saturated rings. The Balaban J connectivity index is 1.20. The van der Waals surface area contributed by atoms with E-state index in [0.717, 1.165) is 16.8 Å². The summed E-state index contributed by atoms with van der Waals surface area (Å²) in [5, 5.41) is 1.84. The van der Waals surface area contributed by atoms with Gasteiger partial charge in [-0.05, 0) is 145 Å². The molecule has 0 amide bonds. The summed E-state index contributed by atoms with van der Waals surface area (Å²) in [6.45, 7) is 28.2. The number of para-hydroxylation sites is 4. The van der Waals surface area contributed by atoms with Gasteiger partial charge in [-0.15, -0.1) is 0 Å². The normalized spacial score (nSPS) is 15.0. The molecule has 1 aliphatic carbocycles. The third kappa shape index (κ3) is 7.17. The minimum atomic E-state index is -0.0929. The lowest BCUT2D eigenvalue weighted by molar-refractivity contribution is 0.812. The van der Waals surface area contributed by atoms with E-state index in [-0.39, 0.29) is 30.2 Å². The van der Waals surface area contributed by atoms with Crippen LogP contribution in [0.25, 0.3) is 33.3 Å². The van der Waals surface area contributed by atoms with Gasteiger partial charge in [0.25, 0.3) is 0 Å². The molecule has 9 aromatic rings. The highest BCUT2D eigenvalue weighted by atomic mass is 16.1. The summed E-state index contributed by atoms with van der Waals surface area (Å²) in [5.74, 6) is 1.87. The van der Waals surface area contributed by atoms with Crippen molar-refractivity contribution in [2.75, 3.05) is 4.90 Å². The molecule has 0 N–H and O–H groups in total. The summed E-state index contributed by atoms with van der Waals surface area (Å²) < 4.78 is 2.20. The van der Waals surface area contributed by atoms with Crippen molar-refractivity contribution in [3.63, 3.8) is 0 Å². The fourth-order valence-corrected chi connectivity index (χ4v) is 13.5. The molecular weight excluding hydrogens is 898 g/mol. The molecule has 74 heavy (non-hydrogen) atoms. The molecule has 0 radical (unpaired) electrons. The van der Waals surface area contributed by atoms with Gasteiger partial charge in [0.15, 0.2) is 10.9 Å². The molecule has 2 aromatic heterocycles. The maximum Gasteiger partial charge on any atom is 0.247 e. The molecule has 12 rings (SSSR count). The first-order valence-corrected chi connectivity index (χ1v) is 27.6. The van der Waals surface area contributed by atoms with Crippen molar-refractivity contribution in [1.29, 1.82) is 0 Å². The summed E-state index contributed by atoms with van der Waals surface area (Å²) in [7, 11) is 0. The van der Waals surface area contributed by atoms with Crippen LogP contribution in [0.4, 0.5) is 17.1 Å². The monoisotopic (exact) mass is 967 g/mol. The zero-order chi connectivity index (χ0) is 51.8. The van der Waals surface area contributed by atoms with Gasteiger partial charge in [-0.3, -0.25) is 9.59 Å². The Morgan fingerprint density at radius 3 is 1.41 bits per heavy atom. The predicted octanol–water partition coefficient (Wildman–Crippen LogP) is 12.6. The van der Waals surface area contributed by atoms with Crippen molar-refractivity contribution >= 4 is 96.5 Å². The highest BCUT2D eigenvalue weighted by molar-refractivity contribution is 7.02. The van der Waals surface area contributed by atoms with Gasteiger partial charge in [0.05, 0.1) is 16.7 Å². The van der Waals surface area contributed by atoms with E-state index in [4.69, 9.17) is 0 Å². The van der Waals surface area contributed by atoms with Crippen LogP contribution >= 0.6 is 0 Å². The summed E-state index contributed by atoms with van der Waals surface area (Å²) in [5.41, 5.74) is 24.8. The quantitative estimate of drug-likeness (QED) is 0.0822. The van der Waals surface area contributed by atoms with Crippen LogP contribution in [-0.2, 0) is 6.42 Å². The van der Waals surface area contributed by atoms with Gasteiger partial charge >= 0.3 is 0 Å². The van der Waals surface area contributed by atoms with E-state index in [1.807, 2.05) is 42.5 Å². The van der Waals surface area contributed by atoms with Crippen molar-refractivity contribution in [3.05, 3.63) is 204 Å². The molecule has 0 spiro atoms. The first kappa shape index (κ1) is 48.1. The summed E-state index contributed by atoms with van der Waals surface area (Å²) in [4.78, 5) is 31.8. The highest BCUT2D eigenvalue weighted by Crippen LogP contribution is 2.42. The first-order chi connectivity index (χ1) is 35.5. The van der Waals surface area contributed by atoms with Gasteiger partial charge in [-0.25, -0.2) is 0 Å². The molecule has 1 unspecified atom stereocenters. The topological polar surface area (TPSA) is 41.8 Å². The molecule has 6 heteroatoms. The van der Waals surface area contributed by atoms with Crippen molar-refractivity contribution in [3.8, 4) is 0 Å². The Morgan fingerprint density at radius 2 is 0.919 bits per heavy atom. The average molecular weight is 967 g/mol. The lowest BCUT2D eigenvalue weighted by Crippen LogP contribution is -2.66. The van der Waals surface area contributed by atoms with Gasteiger partial charge in [0, 0.05) is 44.7 Å². The van der Waals surface area contributed by atoms with Crippen LogP contribution in [0.15, 0.2) is 143 Å². The minimum absolute atomic E-state index is 0.0144. The number of anilines is 3. The first-order valence-electron chi connectivity index (χ1n) is 27.6. The highest BCUT2D eigenvalue weighted by Gasteiger charge is 2.46. The Labute approximate surface area is 438 Å². The van der Waals surface area contributed by atoms with Gasteiger partial charge < -0.3 is 9.30 Å². The van der Waals surface area contributed by atoms with E-state index < -0.39 is 0 Å². The summed E-state index contributed by atoms with van der Waals surface area (Å²) in [6, 6.07) is 47.3. The van der Waals surface area contributed by atoms with E-state index >= 15 is 4.79 Å². The SMILES string of the molecule is CC(C)c1cc(C(C)C)c(B2c3ccccc3N3c4ccccc4B(c4c(C(C)C)cc(C(C)C)cc4C(C)C)c4cc(C5C=Cc6c(c(=O)c7cccc8c(=O)c9ccccc9n6c78)C5)cc2c43)c(C(C)C)c1. The fraction of sp³-hybridized carbons (Fsp3) is 0.294. The molecule has 0 saturated carbocycles. The van der Waals surface area contributed by atoms with Crippen LogP contribution in [0.5, 0.6) is 0 Å². The van der Waals surface area contributed by atoms with Crippen LogP contribution in [0.2, 0.25) is 0 Å². The molecule has 2 aliphatic heterocycles. The molecule has 0 saturated heterocycles. The average Bonchev–Trinajstić information content (AvgIpc) is 3.43. The van der Waals surface area contributed by atoms with Crippen LogP contribution in [0.1, 0.15) is 175 Å². The summed E-state index contributed by atoms with van der Waals surface area (Å²) >= 11 is 0. The predicted molar refractivity (Wildman–Crippen MR) is 319 cm³/mol. The molecule has 1 atom stereocenters. The number of nitrogens with zero attached hydrogens (tertiary/aromatic N) is 2. The molecule has 4 heterocycles. The third-order valence-electron chi connectivity index (χ3n) is 17.2. The van der Waals surface area contributed by atoms with Crippen LogP contribution in [0.3, 0.4) is 0 Å². The van der Waals surface area contributed by atoms with E-state index in [9.17, 15) is 4.79 Å². The maximum atomic E-state index is 15.2. The number of hydrogen-bond acceptors (Lipinski definition) is 3. The standard InChI is InChI=1S/C68H68B2N2O2/c1-37(2)44-31-50(39(5)6)63(51(32-44)40(7)8)69-55-23-14-17-26-61(55)72-62-27-18-15-24-56(62)70(64-52(41(9)10)33-45(38(3)4)34-53(64)42(11)12)58-36-46(35-57(69)66(58)72)43-28-29-60-54(30-43)68(74)49-22-19-21-48-65(49)71(60)59-25-16-13-20-47(59)67(48)73/h13-29,31-43H,30H2,1-12H3. The largest absolute Gasteiger partial charge is 0.313 e. The molecule has 368 valence electrons. The van der Waals surface area contributed by atoms with E-state index in [1.54, 1.807) is 0 Å². The van der Waals surface area contributed by atoms with Crippen molar-refractivity contribution in [2.24, 2.45) is 0 Å².